The Morgan fingerprint density at radius 2 is 2.09 bits per heavy atom. The van der Waals surface area contributed by atoms with Gasteiger partial charge in [-0.3, -0.25) is 0 Å². The van der Waals surface area contributed by atoms with E-state index in [1.807, 2.05) is 25.1 Å². The summed E-state index contributed by atoms with van der Waals surface area (Å²) in [6, 6.07) is 6.05. The molecule has 1 rings (SSSR count). The fourth-order valence-corrected chi connectivity index (χ4v) is 1.15. The first kappa shape index (κ1) is 11.5. The third-order valence-electron chi connectivity index (χ3n) is 1.39. The van der Waals surface area contributed by atoms with E-state index in [4.69, 9.17) is 0 Å². The van der Waals surface area contributed by atoms with Crippen molar-refractivity contribution >= 4 is 15.9 Å². The molecule has 0 unspecified atom stereocenters. The Hall–Kier alpha value is 0.544. The van der Waals surface area contributed by atoms with Crippen LogP contribution >= 0.6 is 15.9 Å². The van der Waals surface area contributed by atoms with E-state index < -0.39 is 0 Å². The molecular formula is C9H8BrY+2. The predicted molar refractivity (Wildman–Crippen MR) is 46.9 cm³/mol. The van der Waals surface area contributed by atoms with Crippen LogP contribution in [0.3, 0.4) is 0 Å². The number of hydrogen-bond acceptors (Lipinski definition) is 0. The van der Waals surface area contributed by atoms with Crippen LogP contribution in [0.5, 0.6) is 0 Å². The van der Waals surface area contributed by atoms with Crippen molar-refractivity contribution in [3.63, 3.8) is 0 Å². The van der Waals surface area contributed by atoms with Gasteiger partial charge in [0.2, 0.25) is 0 Å². The minimum absolute atomic E-state index is 0. The molecule has 0 amide bonds. The van der Waals surface area contributed by atoms with E-state index in [1.165, 1.54) is 5.56 Å². The smallest absolute Gasteiger partial charge is 0.189 e. The normalized spacial score (nSPS) is 8.55. The topological polar surface area (TPSA) is 0 Å². The molecule has 0 aliphatic rings. The van der Waals surface area contributed by atoms with Gasteiger partial charge in [-0.1, -0.05) is 28.9 Å². The minimum atomic E-state index is 0. The molecule has 52 valence electrons. The quantitative estimate of drug-likeness (QED) is 0.695. The van der Waals surface area contributed by atoms with E-state index in [1.54, 1.807) is 0 Å². The van der Waals surface area contributed by atoms with Gasteiger partial charge in [0, 0.05) is 0 Å². The van der Waals surface area contributed by atoms with Crippen LogP contribution in [0.4, 0.5) is 0 Å². The van der Waals surface area contributed by atoms with Gasteiger partial charge in [0.1, 0.15) is 0 Å². The van der Waals surface area contributed by atoms with Gasteiger partial charge in [0.15, 0.2) is 0 Å². The van der Waals surface area contributed by atoms with Gasteiger partial charge in [-0.05, 0) is 4.47 Å². The summed E-state index contributed by atoms with van der Waals surface area (Å²) in [5.74, 6) is 0. The van der Waals surface area contributed by atoms with Gasteiger partial charge < -0.3 is 0 Å². The average Bonchev–Trinajstić information content (AvgIpc) is 1.94. The maximum atomic E-state index is 3.59. The summed E-state index contributed by atoms with van der Waals surface area (Å²) in [7, 11) is 0. The Morgan fingerprint density at radius 3 is 2.55 bits per heavy atom. The fourth-order valence-electron chi connectivity index (χ4n) is 0.785. The van der Waals surface area contributed by atoms with Crippen LogP contribution in [-0.4, -0.2) is 0 Å². The zero-order chi connectivity index (χ0) is 7.56. The largest absolute Gasteiger partial charge is 3.00 e. The molecule has 0 aromatic heterocycles. The van der Waals surface area contributed by atoms with Crippen molar-refractivity contribution in [1.82, 2.24) is 0 Å². The Kier molecular flexibility index (Phi) is 5.49. The van der Waals surface area contributed by atoms with Crippen molar-refractivity contribution in [2.24, 2.45) is 0 Å². The van der Waals surface area contributed by atoms with E-state index >= 15 is 0 Å². The Labute approximate surface area is 101 Å². The van der Waals surface area contributed by atoms with Gasteiger partial charge >= 0.3 is 32.7 Å². The van der Waals surface area contributed by atoms with Crippen LogP contribution < -0.4 is 0 Å². The molecule has 0 aliphatic carbocycles. The molecule has 0 saturated carbocycles. The molecule has 0 aliphatic heterocycles. The van der Waals surface area contributed by atoms with E-state index in [0.717, 1.165) is 10.0 Å². The van der Waals surface area contributed by atoms with Gasteiger partial charge in [0.05, 0.1) is 0 Å². The molecule has 0 radical (unpaired) electrons. The SMILES string of the molecule is C=[C-]c1cc(Br)ccc1C.[Y+3]. The maximum Gasteiger partial charge on any atom is 3.00 e. The summed E-state index contributed by atoms with van der Waals surface area (Å²) in [6.07, 6.45) is 2.86. The second kappa shape index (κ2) is 5.24. The van der Waals surface area contributed by atoms with Gasteiger partial charge in [-0.25, -0.2) is 0 Å². The van der Waals surface area contributed by atoms with Crippen molar-refractivity contribution in [1.29, 1.82) is 0 Å². The van der Waals surface area contributed by atoms with Crippen molar-refractivity contribution < 1.29 is 32.7 Å². The van der Waals surface area contributed by atoms with Gasteiger partial charge in [-0.15, -0.1) is 12.1 Å². The van der Waals surface area contributed by atoms with E-state index in [0.29, 0.717) is 0 Å². The van der Waals surface area contributed by atoms with E-state index in [9.17, 15) is 0 Å². The Balaban J connectivity index is 0.000001000. The number of aryl methyl sites for hydroxylation is 1. The Morgan fingerprint density at radius 1 is 1.45 bits per heavy atom. The van der Waals surface area contributed by atoms with Crippen LogP contribution in [0.1, 0.15) is 11.1 Å². The van der Waals surface area contributed by atoms with Gasteiger partial charge in [-0.2, -0.15) is 23.8 Å². The number of hydrogen-bond donors (Lipinski definition) is 0. The van der Waals surface area contributed by atoms with Crippen LogP contribution in [0.15, 0.2) is 29.3 Å². The number of benzene rings is 1. The fraction of sp³-hybridized carbons (Fsp3) is 0.111. The monoisotopic (exact) mass is 284 g/mol. The molecule has 0 heterocycles. The molecule has 0 spiro atoms. The minimum Gasteiger partial charge on any atom is -0.189 e. The average molecular weight is 285 g/mol. The van der Waals surface area contributed by atoms with E-state index in [-0.39, 0.29) is 32.7 Å². The molecule has 0 nitrogen and oxygen atoms in total. The van der Waals surface area contributed by atoms with Crippen LogP contribution in [0, 0.1) is 13.0 Å². The second-order valence-electron chi connectivity index (χ2n) is 2.14. The zero-order valence-electron chi connectivity index (χ0n) is 6.39. The maximum absolute atomic E-state index is 3.59. The second-order valence-corrected chi connectivity index (χ2v) is 3.05. The summed E-state index contributed by atoms with van der Waals surface area (Å²) in [5, 5.41) is 0. The van der Waals surface area contributed by atoms with Crippen molar-refractivity contribution in [2.75, 3.05) is 0 Å². The first-order chi connectivity index (χ1) is 4.74. The molecule has 0 N–H and O–H groups in total. The number of rotatable bonds is 1. The molecule has 0 fully saturated rings. The third kappa shape index (κ3) is 3.19. The predicted octanol–water partition coefficient (Wildman–Crippen LogP) is 3.09. The van der Waals surface area contributed by atoms with Crippen molar-refractivity contribution in [3.05, 3.63) is 46.5 Å². The Bertz CT molecular complexity index is 256. The zero-order valence-corrected chi connectivity index (χ0v) is 10.8. The summed E-state index contributed by atoms with van der Waals surface area (Å²) < 4.78 is 1.07. The molecule has 1 aromatic rings. The van der Waals surface area contributed by atoms with Crippen molar-refractivity contribution in [3.8, 4) is 0 Å². The van der Waals surface area contributed by atoms with E-state index in [2.05, 4.69) is 28.6 Å². The molecule has 0 bridgehead atoms. The molecule has 1 aromatic carbocycles. The summed E-state index contributed by atoms with van der Waals surface area (Å²) in [5.41, 5.74) is 2.27. The molecule has 0 saturated heterocycles. The molecule has 2 heteroatoms. The first-order valence-corrected chi connectivity index (χ1v) is 3.82. The molecular weight excluding hydrogens is 277 g/mol. The van der Waals surface area contributed by atoms with Gasteiger partial charge in [0.25, 0.3) is 0 Å². The van der Waals surface area contributed by atoms with Crippen LogP contribution in [0.25, 0.3) is 0 Å². The molecule has 11 heavy (non-hydrogen) atoms. The summed E-state index contributed by atoms with van der Waals surface area (Å²) in [6.45, 7) is 5.63. The first-order valence-electron chi connectivity index (χ1n) is 3.03. The number of halogens is 1. The van der Waals surface area contributed by atoms with Crippen molar-refractivity contribution in [2.45, 2.75) is 6.92 Å². The summed E-state index contributed by atoms with van der Waals surface area (Å²) >= 11 is 3.37. The van der Waals surface area contributed by atoms with Crippen LogP contribution in [0.2, 0.25) is 0 Å². The van der Waals surface area contributed by atoms with Crippen LogP contribution in [-0.2, 0) is 32.7 Å². The standard InChI is InChI=1S/C9H8Br.Y/c1-3-8-6-9(10)5-4-7(8)2;/h4-6H,1H2,2H3;/q-1;+3. The molecule has 0 atom stereocenters. The third-order valence-corrected chi connectivity index (χ3v) is 1.88. The summed E-state index contributed by atoms with van der Waals surface area (Å²) in [4.78, 5) is 0.